The van der Waals surface area contributed by atoms with Crippen molar-refractivity contribution in [2.24, 2.45) is 0 Å². The van der Waals surface area contributed by atoms with Crippen LogP contribution >= 0.6 is 0 Å². The molecule has 0 aliphatic heterocycles. The zero-order valence-electron chi connectivity index (χ0n) is 12.0. The van der Waals surface area contributed by atoms with Gasteiger partial charge in [-0.15, -0.1) is 0 Å². The van der Waals surface area contributed by atoms with Gasteiger partial charge in [-0.1, -0.05) is 42.5 Å². The van der Waals surface area contributed by atoms with Crippen LogP contribution < -0.4 is 5.43 Å². The van der Waals surface area contributed by atoms with Gasteiger partial charge in [-0.2, -0.15) is 0 Å². The maximum Gasteiger partial charge on any atom is 0.193 e. The highest BCUT2D eigenvalue weighted by Gasteiger charge is 2.05. The number of hydrogen-bond acceptors (Lipinski definition) is 3. The molecule has 0 spiro atoms. The lowest BCUT2D eigenvalue weighted by molar-refractivity contribution is -0.114. The summed E-state index contributed by atoms with van der Waals surface area (Å²) in [5.74, 6) is 0.773. The number of Topliss-reactive ketones (excluding diaryl/α,β-unsaturated/α-hetero) is 1. The van der Waals surface area contributed by atoms with Crippen LogP contribution in [0.5, 0.6) is 0 Å². The summed E-state index contributed by atoms with van der Waals surface area (Å²) in [5.41, 5.74) is 1.53. The lowest BCUT2D eigenvalue weighted by Gasteiger charge is -2.02. The quantitative estimate of drug-likeness (QED) is 0.675. The van der Waals surface area contributed by atoms with Gasteiger partial charge < -0.3 is 9.21 Å². The van der Waals surface area contributed by atoms with Crippen molar-refractivity contribution in [1.82, 2.24) is 0 Å². The van der Waals surface area contributed by atoms with Gasteiger partial charge in [0.1, 0.15) is 17.1 Å². The summed E-state index contributed by atoms with van der Waals surface area (Å²) < 4.78 is 5.73. The molecule has 106 valence electrons. The first-order valence-corrected chi connectivity index (χ1v) is 6.63. The van der Waals surface area contributed by atoms with Gasteiger partial charge in [0.2, 0.25) is 0 Å². The standard InChI is InChI=1S/C15H10O2.C3H6O/c16-13-10-15(11-6-2-1-3-7-11)17-14-9-5-4-8-12(13)14;1-3(2)4/h1-10H;1-2H3. The summed E-state index contributed by atoms with van der Waals surface area (Å²) in [6.07, 6.45) is 0. The molecule has 0 bridgehead atoms. The molecule has 1 heterocycles. The fourth-order valence-electron chi connectivity index (χ4n) is 1.85. The zero-order chi connectivity index (χ0) is 15.2. The van der Waals surface area contributed by atoms with E-state index in [1.165, 1.54) is 19.9 Å². The van der Waals surface area contributed by atoms with E-state index >= 15 is 0 Å². The fraction of sp³-hybridized carbons (Fsp3) is 0.111. The number of rotatable bonds is 1. The molecule has 1 aromatic heterocycles. The highest BCUT2D eigenvalue weighted by atomic mass is 16.3. The number of hydrogen-bond donors (Lipinski definition) is 0. The van der Waals surface area contributed by atoms with E-state index < -0.39 is 0 Å². The molecule has 0 N–H and O–H groups in total. The van der Waals surface area contributed by atoms with Gasteiger partial charge in [-0.25, -0.2) is 0 Å². The van der Waals surface area contributed by atoms with Crippen LogP contribution in [-0.4, -0.2) is 5.78 Å². The highest BCUT2D eigenvalue weighted by molar-refractivity contribution is 5.78. The molecule has 0 fully saturated rings. The van der Waals surface area contributed by atoms with Crippen LogP contribution in [0.3, 0.4) is 0 Å². The first kappa shape index (κ1) is 14.7. The van der Waals surface area contributed by atoms with Crippen LogP contribution in [0.4, 0.5) is 0 Å². The van der Waals surface area contributed by atoms with Crippen molar-refractivity contribution in [1.29, 1.82) is 0 Å². The van der Waals surface area contributed by atoms with Gasteiger partial charge in [0.05, 0.1) is 5.39 Å². The zero-order valence-corrected chi connectivity index (χ0v) is 12.0. The third-order valence-electron chi connectivity index (χ3n) is 2.69. The summed E-state index contributed by atoms with van der Waals surface area (Å²) in [6, 6.07) is 18.4. The van der Waals surface area contributed by atoms with Crippen molar-refractivity contribution >= 4 is 16.8 Å². The van der Waals surface area contributed by atoms with E-state index in [9.17, 15) is 9.59 Å². The van der Waals surface area contributed by atoms with Gasteiger partial charge >= 0.3 is 0 Å². The van der Waals surface area contributed by atoms with E-state index in [4.69, 9.17) is 4.42 Å². The van der Waals surface area contributed by atoms with Crippen LogP contribution in [-0.2, 0) is 4.79 Å². The minimum absolute atomic E-state index is 0.00861. The predicted molar refractivity (Wildman–Crippen MR) is 84.3 cm³/mol. The smallest absolute Gasteiger partial charge is 0.193 e. The van der Waals surface area contributed by atoms with E-state index in [-0.39, 0.29) is 11.2 Å². The molecule has 3 aromatic rings. The maximum absolute atomic E-state index is 11.9. The van der Waals surface area contributed by atoms with E-state index in [1.807, 2.05) is 48.5 Å². The molecule has 0 atom stereocenters. The Morgan fingerprint density at radius 1 is 0.905 bits per heavy atom. The number of benzene rings is 2. The summed E-state index contributed by atoms with van der Waals surface area (Å²) in [6.45, 7) is 3.06. The topological polar surface area (TPSA) is 47.3 Å². The second-order valence-electron chi connectivity index (χ2n) is 4.75. The second kappa shape index (κ2) is 6.66. The largest absolute Gasteiger partial charge is 0.456 e. The normalized spacial score (nSPS) is 9.81. The van der Waals surface area contributed by atoms with Gasteiger partial charge in [0, 0.05) is 11.6 Å². The molecule has 0 radical (unpaired) electrons. The van der Waals surface area contributed by atoms with Gasteiger partial charge in [0.25, 0.3) is 0 Å². The first-order chi connectivity index (χ1) is 10.1. The molecule has 0 amide bonds. The number of carbonyl (C=O) groups is 1. The third-order valence-corrected chi connectivity index (χ3v) is 2.69. The van der Waals surface area contributed by atoms with Crippen molar-refractivity contribution in [2.75, 3.05) is 0 Å². The van der Waals surface area contributed by atoms with Crippen molar-refractivity contribution in [3.63, 3.8) is 0 Å². The van der Waals surface area contributed by atoms with Crippen LogP contribution in [0.25, 0.3) is 22.3 Å². The molecule has 3 heteroatoms. The van der Waals surface area contributed by atoms with E-state index in [0.29, 0.717) is 16.7 Å². The monoisotopic (exact) mass is 280 g/mol. The van der Waals surface area contributed by atoms with Crippen LogP contribution in [0, 0.1) is 0 Å². The van der Waals surface area contributed by atoms with E-state index in [0.717, 1.165) is 5.56 Å². The van der Waals surface area contributed by atoms with Crippen LogP contribution in [0.2, 0.25) is 0 Å². The van der Waals surface area contributed by atoms with Gasteiger partial charge in [0.15, 0.2) is 5.43 Å². The molecule has 0 saturated carbocycles. The average molecular weight is 280 g/mol. The highest BCUT2D eigenvalue weighted by Crippen LogP contribution is 2.21. The summed E-state index contributed by atoms with van der Waals surface area (Å²) in [7, 11) is 0. The Hall–Kier alpha value is -2.68. The molecular weight excluding hydrogens is 264 g/mol. The molecule has 3 nitrogen and oxygen atoms in total. The average Bonchev–Trinajstić information content (AvgIpc) is 2.47. The molecule has 0 saturated heterocycles. The van der Waals surface area contributed by atoms with Crippen LogP contribution in [0.15, 0.2) is 69.9 Å². The Balaban J connectivity index is 0.000000361. The lowest BCUT2D eigenvalue weighted by Crippen LogP contribution is -1.99. The molecule has 3 rings (SSSR count). The SMILES string of the molecule is CC(C)=O.O=c1cc(-c2ccccc2)oc2ccccc12. The first-order valence-electron chi connectivity index (χ1n) is 6.63. The summed E-state index contributed by atoms with van der Waals surface area (Å²) >= 11 is 0. The number of fused-ring (bicyclic) bond motifs is 1. The van der Waals surface area contributed by atoms with Gasteiger partial charge in [-0.3, -0.25) is 4.79 Å². The lowest BCUT2D eigenvalue weighted by atomic mass is 10.1. The maximum atomic E-state index is 11.9. The molecule has 2 aromatic carbocycles. The summed E-state index contributed by atoms with van der Waals surface area (Å²) in [5, 5.41) is 0.618. The number of ketones is 1. The van der Waals surface area contributed by atoms with Crippen molar-refractivity contribution in [3.8, 4) is 11.3 Å². The molecular formula is C18H16O3. The molecule has 21 heavy (non-hydrogen) atoms. The van der Waals surface area contributed by atoms with Crippen LogP contribution in [0.1, 0.15) is 13.8 Å². The Labute approximate surface area is 122 Å². The van der Waals surface area contributed by atoms with E-state index in [1.54, 1.807) is 6.07 Å². The molecule has 0 unspecified atom stereocenters. The third kappa shape index (κ3) is 3.89. The predicted octanol–water partition coefficient (Wildman–Crippen LogP) is 4.06. The van der Waals surface area contributed by atoms with E-state index in [2.05, 4.69) is 0 Å². The summed E-state index contributed by atoms with van der Waals surface area (Å²) in [4.78, 5) is 21.4. The van der Waals surface area contributed by atoms with Crippen molar-refractivity contribution < 1.29 is 9.21 Å². The van der Waals surface area contributed by atoms with Gasteiger partial charge in [-0.05, 0) is 26.0 Å². The Morgan fingerprint density at radius 3 is 2.14 bits per heavy atom. The number of carbonyl (C=O) groups excluding carboxylic acids is 1. The van der Waals surface area contributed by atoms with Crippen molar-refractivity contribution in [2.45, 2.75) is 13.8 Å². The number of para-hydroxylation sites is 1. The Morgan fingerprint density at radius 2 is 1.48 bits per heavy atom. The Bertz CT molecular complexity index is 797. The molecule has 0 aliphatic rings. The van der Waals surface area contributed by atoms with Crippen molar-refractivity contribution in [3.05, 3.63) is 70.9 Å². The Kier molecular flexibility index (Phi) is 4.67. The minimum Gasteiger partial charge on any atom is -0.456 e. The second-order valence-corrected chi connectivity index (χ2v) is 4.75. The minimum atomic E-state index is -0.00861. The fourth-order valence-corrected chi connectivity index (χ4v) is 1.85. The molecule has 0 aliphatic carbocycles.